The predicted molar refractivity (Wildman–Crippen MR) is 95.7 cm³/mol. The molecule has 0 saturated carbocycles. The van der Waals surface area contributed by atoms with E-state index in [0.717, 1.165) is 25.2 Å². The number of nitrogens with zero attached hydrogens (tertiary/aromatic N) is 1. The number of hydrogen-bond donors (Lipinski definition) is 2. The first-order chi connectivity index (χ1) is 11.3. The van der Waals surface area contributed by atoms with Gasteiger partial charge in [0.05, 0.1) is 6.04 Å². The number of amides is 2. The van der Waals surface area contributed by atoms with Crippen LogP contribution in [-0.2, 0) is 9.59 Å². The topological polar surface area (TPSA) is 61.4 Å². The molecule has 1 fully saturated rings. The number of rotatable bonds is 4. The Morgan fingerprint density at radius 2 is 1.92 bits per heavy atom. The highest BCUT2D eigenvalue weighted by Gasteiger charge is 2.31. The van der Waals surface area contributed by atoms with Gasteiger partial charge in [-0.05, 0) is 49.9 Å². The molecule has 3 atom stereocenters. The van der Waals surface area contributed by atoms with Gasteiger partial charge in [-0.2, -0.15) is 0 Å². The van der Waals surface area contributed by atoms with Crippen LogP contribution in [0, 0.1) is 19.8 Å². The Balaban J connectivity index is 1.91. The van der Waals surface area contributed by atoms with Gasteiger partial charge in [0.25, 0.3) is 0 Å². The predicted octanol–water partition coefficient (Wildman–Crippen LogP) is 1.94. The van der Waals surface area contributed by atoms with E-state index in [9.17, 15) is 9.59 Å². The molecule has 1 saturated heterocycles. The van der Waals surface area contributed by atoms with Crippen LogP contribution >= 0.6 is 0 Å². The molecule has 2 rings (SSSR count). The van der Waals surface area contributed by atoms with E-state index in [1.54, 1.807) is 0 Å². The third-order valence-corrected chi connectivity index (χ3v) is 5.04. The Kier molecular flexibility index (Phi) is 5.99. The van der Waals surface area contributed by atoms with Crippen LogP contribution in [-0.4, -0.2) is 42.4 Å². The van der Waals surface area contributed by atoms with E-state index in [4.69, 9.17) is 0 Å². The molecule has 2 amide bonds. The molecule has 0 radical (unpaired) electrons. The van der Waals surface area contributed by atoms with Gasteiger partial charge in [0, 0.05) is 19.1 Å². The van der Waals surface area contributed by atoms with E-state index in [0.29, 0.717) is 5.92 Å². The zero-order valence-corrected chi connectivity index (χ0v) is 15.3. The summed E-state index contributed by atoms with van der Waals surface area (Å²) >= 11 is 0. The lowest BCUT2D eigenvalue weighted by molar-refractivity contribution is -0.140. The Morgan fingerprint density at radius 3 is 2.50 bits per heavy atom. The highest BCUT2D eigenvalue weighted by molar-refractivity contribution is 6.35. The van der Waals surface area contributed by atoms with Crippen molar-refractivity contribution in [1.82, 2.24) is 15.5 Å². The van der Waals surface area contributed by atoms with Crippen LogP contribution in [0.2, 0.25) is 0 Å². The fraction of sp³-hybridized carbons (Fsp3) is 0.579. The first kappa shape index (κ1) is 18.5. The second kappa shape index (κ2) is 7.79. The molecule has 5 nitrogen and oxygen atoms in total. The summed E-state index contributed by atoms with van der Waals surface area (Å²) in [6.45, 7) is 12.9. The summed E-state index contributed by atoms with van der Waals surface area (Å²) in [5.41, 5.74) is 3.40. The molecule has 24 heavy (non-hydrogen) atoms. The molecular weight excluding hydrogens is 302 g/mol. The van der Waals surface area contributed by atoms with Crippen molar-refractivity contribution in [3.63, 3.8) is 0 Å². The SMILES string of the molecule is CCN1CC(C)C(NC(=O)C(=O)NC(C)c2ccc(C)c(C)c2)C1. The van der Waals surface area contributed by atoms with Crippen LogP contribution < -0.4 is 10.6 Å². The van der Waals surface area contributed by atoms with E-state index >= 15 is 0 Å². The fourth-order valence-electron chi connectivity index (χ4n) is 3.13. The van der Waals surface area contributed by atoms with E-state index in [2.05, 4.69) is 42.4 Å². The molecule has 132 valence electrons. The zero-order valence-electron chi connectivity index (χ0n) is 15.3. The quantitative estimate of drug-likeness (QED) is 0.829. The summed E-state index contributed by atoms with van der Waals surface area (Å²) in [6, 6.07) is 5.92. The van der Waals surface area contributed by atoms with Crippen molar-refractivity contribution in [3.8, 4) is 0 Å². The van der Waals surface area contributed by atoms with Gasteiger partial charge in [-0.15, -0.1) is 0 Å². The summed E-state index contributed by atoms with van der Waals surface area (Å²) < 4.78 is 0. The van der Waals surface area contributed by atoms with Gasteiger partial charge < -0.3 is 15.5 Å². The van der Waals surface area contributed by atoms with Crippen molar-refractivity contribution in [2.75, 3.05) is 19.6 Å². The maximum atomic E-state index is 12.2. The number of likely N-dealkylation sites (tertiary alicyclic amines) is 1. The average molecular weight is 331 g/mol. The number of likely N-dealkylation sites (N-methyl/N-ethyl adjacent to an activating group) is 1. The standard InChI is InChI=1S/C19H29N3O2/c1-6-22-10-14(4)17(11-22)21-19(24)18(23)20-15(5)16-8-7-12(2)13(3)9-16/h7-9,14-15,17H,6,10-11H2,1-5H3,(H,20,23)(H,21,24). The summed E-state index contributed by atoms with van der Waals surface area (Å²) in [5, 5.41) is 5.67. The maximum Gasteiger partial charge on any atom is 0.309 e. The van der Waals surface area contributed by atoms with Crippen molar-refractivity contribution >= 4 is 11.8 Å². The second-order valence-corrected chi connectivity index (χ2v) is 6.95. The second-order valence-electron chi connectivity index (χ2n) is 6.95. The first-order valence-electron chi connectivity index (χ1n) is 8.72. The number of carbonyl (C=O) groups excluding carboxylic acids is 2. The van der Waals surface area contributed by atoms with Gasteiger partial charge in [-0.25, -0.2) is 0 Å². The van der Waals surface area contributed by atoms with Gasteiger partial charge in [0.1, 0.15) is 0 Å². The number of aryl methyl sites for hydroxylation is 2. The molecule has 1 aliphatic heterocycles. The maximum absolute atomic E-state index is 12.2. The van der Waals surface area contributed by atoms with Crippen LogP contribution in [0.25, 0.3) is 0 Å². The van der Waals surface area contributed by atoms with Crippen LogP contribution in [0.1, 0.15) is 43.5 Å². The molecule has 0 spiro atoms. The van der Waals surface area contributed by atoms with Crippen molar-refractivity contribution in [2.45, 2.75) is 46.7 Å². The third-order valence-electron chi connectivity index (χ3n) is 5.04. The lowest BCUT2D eigenvalue weighted by Crippen LogP contribution is -2.47. The van der Waals surface area contributed by atoms with E-state index < -0.39 is 11.8 Å². The van der Waals surface area contributed by atoms with Crippen LogP contribution in [0.15, 0.2) is 18.2 Å². The molecule has 1 aliphatic rings. The van der Waals surface area contributed by atoms with Crippen LogP contribution in [0.3, 0.4) is 0 Å². The Morgan fingerprint density at radius 1 is 1.21 bits per heavy atom. The molecule has 1 heterocycles. The zero-order chi connectivity index (χ0) is 17.9. The average Bonchev–Trinajstić information content (AvgIpc) is 2.90. The number of nitrogens with one attached hydrogen (secondary N) is 2. The van der Waals surface area contributed by atoms with E-state index in [1.807, 2.05) is 26.0 Å². The summed E-state index contributed by atoms with van der Waals surface area (Å²) in [6.07, 6.45) is 0. The van der Waals surface area contributed by atoms with Gasteiger partial charge in [-0.3, -0.25) is 9.59 Å². The number of carbonyl (C=O) groups is 2. The van der Waals surface area contributed by atoms with Crippen molar-refractivity contribution < 1.29 is 9.59 Å². The van der Waals surface area contributed by atoms with Gasteiger partial charge in [0.2, 0.25) is 0 Å². The Hall–Kier alpha value is -1.88. The van der Waals surface area contributed by atoms with Crippen molar-refractivity contribution in [1.29, 1.82) is 0 Å². The first-order valence-corrected chi connectivity index (χ1v) is 8.72. The molecule has 0 bridgehead atoms. The molecule has 0 aromatic heterocycles. The monoisotopic (exact) mass is 331 g/mol. The van der Waals surface area contributed by atoms with Crippen molar-refractivity contribution in [2.24, 2.45) is 5.92 Å². The summed E-state index contributed by atoms with van der Waals surface area (Å²) in [4.78, 5) is 26.7. The fourth-order valence-corrected chi connectivity index (χ4v) is 3.13. The normalized spacial score (nSPS) is 22.2. The lowest BCUT2D eigenvalue weighted by atomic mass is 10.0. The number of benzene rings is 1. The largest absolute Gasteiger partial charge is 0.343 e. The smallest absolute Gasteiger partial charge is 0.309 e. The summed E-state index contributed by atoms with van der Waals surface area (Å²) in [5.74, 6) is -0.748. The molecular formula is C19H29N3O2. The minimum Gasteiger partial charge on any atom is -0.343 e. The Labute approximate surface area is 144 Å². The molecule has 5 heteroatoms. The minimum absolute atomic E-state index is 0.0418. The van der Waals surface area contributed by atoms with Gasteiger partial charge >= 0.3 is 11.8 Å². The summed E-state index contributed by atoms with van der Waals surface area (Å²) in [7, 11) is 0. The van der Waals surface area contributed by atoms with Crippen LogP contribution in [0.4, 0.5) is 0 Å². The van der Waals surface area contributed by atoms with E-state index in [1.165, 1.54) is 11.1 Å². The van der Waals surface area contributed by atoms with Gasteiger partial charge in [-0.1, -0.05) is 32.0 Å². The third kappa shape index (κ3) is 4.35. The molecule has 2 N–H and O–H groups in total. The minimum atomic E-state index is -0.567. The van der Waals surface area contributed by atoms with E-state index in [-0.39, 0.29) is 12.1 Å². The molecule has 3 unspecified atom stereocenters. The molecule has 0 aliphatic carbocycles. The van der Waals surface area contributed by atoms with Crippen LogP contribution in [0.5, 0.6) is 0 Å². The number of hydrogen-bond acceptors (Lipinski definition) is 3. The highest BCUT2D eigenvalue weighted by Crippen LogP contribution is 2.17. The van der Waals surface area contributed by atoms with Crippen molar-refractivity contribution in [3.05, 3.63) is 34.9 Å². The Bertz CT molecular complexity index is 615. The molecule has 1 aromatic carbocycles. The molecule has 1 aromatic rings. The lowest BCUT2D eigenvalue weighted by Gasteiger charge is -2.19. The highest BCUT2D eigenvalue weighted by atomic mass is 16.2. The van der Waals surface area contributed by atoms with Gasteiger partial charge in [0.15, 0.2) is 0 Å².